The molecule has 0 radical (unpaired) electrons. The predicted octanol–water partition coefficient (Wildman–Crippen LogP) is 3.34. The Morgan fingerprint density at radius 3 is 2.66 bits per heavy atom. The van der Waals surface area contributed by atoms with Crippen molar-refractivity contribution in [3.05, 3.63) is 58.1 Å². The number of aliphatic carboxylic acids is 1. The van der Waals surface area contributed by atoms with Crippen molar-refractivity contribution in [2.75, 3.05) is 13.2 Å². The molecule has 1 aliphatic rings. The van der Waals surface area contributed by atoms with E-state index in [1.165, 1.54) is 19.1 Å². The van der Waals surface area contributed by atoms with E-state index in [9.17, 15) is 36.3 Å². The summed E-state index contributed by atoms with van der Waals surface area (Å²) in [4.78, 5) is 24.1. The van der Waals surface area contributed by atoms with Gasteiger partial charge in [-0.1, -0.05) is 30.7 Å². The Kier molecular flexibility index (Phi) is 7.94. The fraction of sp³-hybridized carbons (Fsp3) is 0.333. The Bertz CT molecular complexity index is 1240. The van der Waals surface area contributed by atoms with Crippen LogP contribution in [-0.2, 0) is 21.2 Å². The molecule has 3 rings (SSSR count). The first kappa shape index (κ1) is 26.7. The van der Waals surface area contributed by atoms with Gasteiger partial charge in [-0.25, -0.2) is 4.72 Å². The minimum Gasteiger partial charge on any atom is -0.491 e. The predicted molar refractivity (Wildman–Crippen MR) is 118 cm³/mol. The number of para-hydroxylation sites is 1. The molecule has 2 atom stereocenters. The number of carbonyl (C=O) groups excluding carboxylic acids is 1. The molecule has 2 aromatic rings. The van der Waals surface area contributed by atoms with Crippen molar-refractivity contribution in [2.24, 2.45) is 0 Å². The molecule has 1 heterocycles. The van der Waals surface area contributed by atoms with E-state index in [0.717, 1.165) is 12.1 Å². The number of fused-ring (bicyclic) bond motifs is 1. The lowest BCUT2D eigenvalue weighted by atomic mass is 9.95. The Morgan fingerprint density at radius 1 is 1.31 bits per heavy atom. The maximum atomic E-state index is 13.3. The average molecular weight is 537 g/mol. The number of ether oxygens (including phenoxy) is 2. The molecule has 14 heteroatoms. The number of benzene rings is 2. The highest BCUT2D eigenvalue weighted by atomic mass is 35.5. The van der Waals surface area contributed by atoms with Gasteiger partial charge in [0.25, 0.3) is 10.2 Å². The van der Waals surface area contributed by atoms with Gasteiger partial charge in [-0.05, 0) is 24.3 Å². The molecule has 0 fully saturated rings. The number of carboxylic acid groups (broad SMARTS) is 1. The van der Waals surface area contributed by atoms with Crippen molar-refractivity contribution in [2.45, 2.75) is 31.7 Å². The first-order valence-electron chi connectivity index (χ1n) is 10.1. The lowest BCUT2D eigenvalue weighted by molar-refractivity contribution is -0.140. The van der Waals surface area contributed by atoms with Gasteiger partial charge in [0.05, 0.1) is 22.6 Å². The summed E-state index contributed by atoms with van der Waals surface area (Å²) >= 11 is 6.12. The zero-order valence-electron chi connectivity index (χ0n) is 18.1. The van der Waals surface area contributed by atoms with Crippen LogP contribution >= 0.6 is 11.6 Å². The number of hydrogen-bond acceptors (Lipinski definition) is 6. The van der Waals surface area contributed by atoms with Gasteiger partial charge < -0.3 is 14.6 Å². The largest absolute Gasteiger partial charge is 0.491 e. The Balaban J connectivity index is 1.95. The van der Waals surface area contributed by atoms with Gasteiger partial charge in [0.1, 0.15) is 24.2 Å². The van der Waals surface area contributed by atoms with Crippen LogP contribution in [0.4, 0.5) is 13.2 Å². The summed E-state index contributed by atoms with van der Waals surface area (Å²) in [7, 11) is -4.21. The molecule has 0 aliphatic carbocycles. The van der Waals surface area contributed by atoms with E-state index >= 15 is 0 Å². The smallest absolute Gasteiger partial charge is 0.416 e. The number of alkyl halides is 3. The highest BCUT2D eigenvalue weighted by molar-refractivity contribution is 7.87. The maximum Gasteiger partial charge on any atom is 0.416 e. The summed E-state index contributed by atoms with van der Waals surface area (Å²) in [6, 6.07) is 5.15. The van der Waals surface area contributed by atoms with Crippen LogP contribution in [0.15, 0.2) is 36.4 Å². The van der Waals surface area contributed by atoms with E-state index < -0.39 is 52.4 Å². The quantitative estimate of drug-likeness (QED) is 0.448. The van der Waals surface area contributed by atoms with E-state index in [2.05, 4.69) is 0 Å². The third-order valence-corrected chi connectivity index (χ3v) is 6.48. The number of rotatable bonds is 9. The van der Waals surface area contributed by atoms with Gasteiger partial charge in [0.15, 0.2) is 11.8 Å². The number of hydrogen-bond donors (Lipinski definition) is 3. The molecule has 35 heavy (non-hydrogen) atoms. The molecule has 0 amide bonds. The van der Waals surface area contributed by atoms with Crippen LogP contribution in [0.2, 0.25) is 5.02 Å². The SMILES string of the molecule is CCNS(=O)(=O)N[C@H](COc1cc(C(F)(F)F)ccc1[C@@H]1CC(=O)c2cccc(Cl)c2O1)C(=O)O. The van der Waals surface area contributed by atoms with Gasteiger partial charge in [0, 0.05) is 12.1 Å². The molecule has 0 spiro atoms. The van der Waals surface area contributed by atoms with E-state index in [1.54, 1.807) is 6.07 Å². The Morgan fingerprint density at radius 2 is 2.03 bits per heavy atom. The minimum absolute atomic E-state index is 0.0237. The van der Waals surface area contributed by atoms with Gasteiger partial charge in [-0.3, -0.25) is 9.59 Å². The topological polar surface area (TPSA) is 131 Å². The van der Waals surface area contributed by atoms with Gasteiger partial charge in [-0.15, -0.1) is 0 Å². The molecule has 190 valence electrons. The van der Waals surface area contributed by atoms with Crippen LogP contribution in [0, 0.1) is 0 Å². The fourth-order valence-corrected chi connectivity index (χ4v) is 4.56. The third kappa shape index (κ3) is 6.42. The summed E-state index contributed by atoms with van der Waals surface area (Å²) in [6.45, 7) is 0.583. The van der Waals surface area contributed by atoms with E-state index in [0.29, 0.717) is 6.07 Å². The summed E-state index contributed by atoms with van der Waals surface area (Å²) in [5.74, 6) is -2.36. The second-order valence-corrected chi connectivity index (χ2v) is 9.36. The lowest BCUT2D eigenvalue weighted by Crippen LogP contribution is -2.49. The van der Waals surface area contributed by atoms with E-state index in [-0.39, 0.29) is 40.6 Å². The van der Waals surface area contributed by atoms with Crippen molar-refractivity contribution < 1.29 is 45.8 Å². The van der Waals surface area contributed by atoms with Gasteiger partial charge in [0.2, 0.25) is 0 Å². The molecule has 0 saturated heterocycles. The summed E-state index contributed by atoms with van der Waals surface area (Å²) < 4.78 is 78.8. The Hall–Kier alpha value is -2.87. The normalized spacial score (nSPS) is 16.8. The average Bonchev–Trinajstić information content (AvgIpc) is 2.76. The van der Waals surface area contributed by atoms with Crippen LogP contribution in [0.5, 0.6) is 11.5 Å². The van der Waals surface area contributed by atoms with E-state index in [4.69, 9.17) is 21.1 Å². The minimum atomic E-state index is -4.76. The molecular weight excluding hydrogens is 517 g/mol. The second-order valence-electron chi connectivity index (χ2n) is 7.42. The van der Waals surface area contributed by atoms with Crippen molar-refractivity contribution in [1.82, 2.24) is 9.44 Å². The van der Waals surface area contributed by atoms with Gasteiger partial charge in [-0.2, -0.15) is 26.3 Å². The monoisotopic (exact) mass is 536 g/mol. The van der Waals surface area contributed by atoms with Gasteiger partial charge >= 0.3 is 12.1 Å². The number of nitrogens with one attached hydrogen (secondary N) is 2. The number of halogens is 4. The molecule has 0 saturated carbocycles. The molecule has 1 aliphatic heterocycles. The highest BCUT2D eigenvalue weighted by Gasteiger charge is 2.35. The molecule has 0 aromatic heterocycles. The summed E-state index contributed by atoms with van der Waals surface area (Å²) in [5, 5.41) is 9.48. The van der Waals surface area contributed by atoms with Crippen LogP contribution in [-0.4, -0.2) is 44.5 Å². The van der Waals surface area contributed by atoms with Crippen LogP contribution < -0.4 is 18.9 Å². The summed E-state index contributed by atoms with van der Waals surface area (Å²) in [5.41, 5.74) is -0.862. The van der Waals surface area contributed by atoms with Crippen molar-refractivity contribution in [1.29, 1.82) is 0 Å². The van der Waals surface area contributed by atoms with Crippen LogP contribution in [0.25, 0.3) is 0 Å². The van der Waals surface area contributed by atoms with Crippen molar-refractivity contribution >= 4 is 33.6 Å². The molecule has 9 nitrogen and oxygen atoms in total. The zero-order valence-corrected chi connectivity index (χ0v) is 19.6. The Labute approximate surface area is 203 Å². The number of carbonyl (C=O) groups is 2. The van der Waals surface area contributed by atoms with Crippen LogP contribution in [0.3, 0.4) is 0 Å². The van der Waals surface area contributed by atoms with E-state index in [1.807, 2.05) is 9.44 Å². The number of Topliss-reactive ketones (excluding diaryl/α,β-unsaturated/α-hetero) is 1. The molecular formula is C21H20ClF3N2O7S. The molecule has 0 unspecified atom stereocenters. The summed E-state index contributed by atoms with van der Waals surface area (Å²) in [6.07, 6.45) is -6.09. The maximum absolute atomic E-state index is 13.3. The lowest BCUT2D eigenvalue weighted by Gasteiger charge is -2.28. The second kappa shape index (κ2) is 10.4. The molecule has 3 N–H and O–H groups in total. The first-order chi connectivity index (χ1) is 16.3. The number of ketones is 1. The molecule has 0 bridgehead atoms. The van der Waals surface area contributed by atoms with Crippen molar-refractivity contribution in [3.63, 3.8) is 0 Å². The fourth-order valence-electron chi connectivity index (χ4n) is 3.33. The number of carboxylic acids is 1. The van der Waals surface area contributed by atoms with Crippen LogP contribution in [0.1, 0.15) is 40.9 Å². The highest BCUT2D eigenvalue weighted by Crippen LogP contribution is 2.43. The first-order valence-corrected chi connectivity index (χ1v) is 12.0. The van der Waals surface area contributed by atoms with Crippen molar-refractivity contribution in [3.8, 4) is 11.5 Å². The zero-order chi connectivity index (χ0) is 26.0. The third-order valence-electron chi connectivity index (χ3n) is 4.92. The molecule has 2 aromatic carbocycles. The standard InChI is InChI=1S/C21H20ClF3N2O7S/c1-2-26-35(31,32)27-15(20(29)30)10-33-17-8-11(21(23,24)25)6-7-13(17)18-9-16(28)12-4-3-5-14(22)19(12)34-18/h3-8,15,18,26-27H,2,9-10H2,1H3,(H,29,30)/t15-,18+/m1/s1.